The Labute approximate surface area is 123 Å². The largest absolute Gasteiger partial charge is 0.355 e. The molecule has 1 aromatic heterocycles. The first kappa shape index (κ1) is 14.1. The van der Waals surface area contributed by atoms with E-state index in [1.165, 1.54) is 5.56 Å². The Morgan fingerprint density at radius 2 is 2.11 bits per heavy atom. The average Bonchev–Trinajstić information content (AvgIpc) is 2.83. The van der Waals surface area contributed by atoms with E-state index in [0.29, 0.717) is 5.92 Å². The molecule has 0 bridgehead atoms. The van der Waals surface area contributed by atoms with Crippen molar-refractivity contribution in [1.82, 2.24) is 9.55 Å². The molecule has 19 heavy (non-hydrogen) atoms. The van der Waals surface area contributed by atoms with Gasteiger partial charge in [-0.05, 0) is 30.5 Å². The van der Waals surface area contributed by atoms with E-state index in [1.54, 1.807) is 0 Å². The van der Waals surface area contributed by atoms with E-state index in [9.17, 15) is 0 Å². The molecule has 0 aliphatic carbocycles. The smallest absolute Gasteiger partial charge is 0.203 e. The van der Waals surface area contributed by atoms with E-state index in [4.69, 9.17) is 0 Å². The van der Waals surface area contributed by atoms with Crippen molar-refractivity contribution in [1.29, 1.82) is 0 Å². The maximum Gasteiger partial charge on any atom is 0.203 e. The maximum absolute atomic E-state index is 4.40. The zero-order valence-corrected chi connectivity index (χ0v) is 13.2. The van der Waals surface area contributed by atoms with E-state index in [1.807, 2.05) is 18.5 Å². The highest BCUT2D eigenvalue weighted by Gasteiger charge is 2.12. The molecule has 0 saturated carbocycles. The molecule has 1 N–H and O–H groups in total. The second-order valence-electron chi connectivity index (χ2n) is 5.16. The van der Waals surface area contributed by atoms with Crippen LogP contribution in [0.1, 0.15) is 32.4 Å². The Kier molecular flexibility index (Phi) is 4.64. The van der Waals surface area contributed by atoms with Gasteiger partial charge in [-0.1, -0.05) is 41.9 Å². The first-order chi connectivity index (χ1) is 9.08. The van der Waals surface area contributed by atoms with Crippen LogP contribution in [0.5, 0.6) is 0 Å². The summed E-state index contributed by atoms with van der Waals surface area (Å²) in [5.41, 5.74) is 1.26. The monoisotopic (exact) mass is 321 g/mol. The van der Waals surface area contributed by atoms with Crippen molar-refractivity contribution in [2.75, 3.05) is 11.9 Å². The molecular formula is C15H20BrN3. The van der Waals surface area contributed by atoms with Crippen molar-refractivity contribution in [2.24, 2.45) is 5.92 Å². The van der Waals surface area contributed by atoms with Crippen molar-refractivity contribution >= 4 is 21.9 Å². The summed E-state index contributed by atoms with van der Waals surface area (Å²) in [4.78, 5) is 4.40. The molecule has 1 aromatic carbocycles. The van der Waals surface area contributed by atoms with Gasteiger partial charge in [-0.15, -0.1) is 0 Å². The van der Waals surface area contributed by atoms with Gasteiger partial charge in [0.2, 0.25) is 5.95 Å². The van der Waals surface area contributed by atoms with Gasteiger partial charge in [0.25, 0.3) is 0 Å². The Morgan fingerprint density at radius 1 is 1.32 bits per heavy atom. The van der Waals surface area contributed by atoms with Crippen LogP contribution in [0.3, 0.4) is 0 Å². The van der Waals surface area contributed by atoms with Crippen molar-refractivity contribution in [2.45, 2.75) is 26.8 Å². The maximum atomic E-state index is 4.40. The number of halogens is 1. The zero-order chi connectivity index (χ0) is 13.8. The van der Waals surface area contributed by atoms with Crippen LogP contribution >= 0.6 is 15.9 Å². The number of imidazole rings is 1. The Balaban J connectivity index is 2.19. The molecule has 1 unspecified atom stereocenters. The van der Waals surface area contributed by atoms with Gasteiger partial charge in [-0.25, -0.2) is 4.98 Å². The molecule has 0 radical (unpaired) electrons. The summed E-state index contributed by atoms with van der Waals surface area (Å²) in [6, 6.07) is 8.66. The van der Waals surface area contributed by atoms with Crippen LogP contribution in [0.15, 0.2) is 41.1 Å². The molecule has 3 nitrogen and oxygen atoms in total. The predicted molar refractivity (Wildman–Crippen MR) is 83.5 cm³/mol. The first-order valence-corrected chi connectivity index (χ1v) is 7.39. The van der Waals surface area contributed by atoms with Crippen LogP contribution in [-0.4, -0.2) is 16.1 Å². The normalized spacial score (nSPS) is 12.7. The third-order valence-corrected chi connectivity index (χ3v) is 3.58. The Bertz CT molecular complexity index is 534. The number of nitrogens with zero attached hydrogens (tertiary/aromatic N) is 2. The topological polar surface area (TPSA) is 29.9 Å². The van der Waals surface area contributed by atoms with Crippen LogP contribution in [0.25, 0.3) is 0 Å². The van der Waals surface area contributed by atoms with Gasteiger partial charge in [0.1, 0.15) is 0 Å². The number of anilines is 1. The Morgan fingerprint density at radius 3 is 2.79 bits per heavy atom. The van der Waals surface area contributed by atoms with Crippen LogP contribution in [0, 0.1) is 5.92 Å². The predicted octanol–water partition coefficient (Wildman–Crippen LogP) is 4.32. The van der Waals surface area contributed by atoms with Crippen LogP contribution in [0.2, 0.25) is 0 Å². The number of benzene rings is 1. The molecule has 1 heterocycles. The minimum absolute atomic E-state index is 0.259. The van der Waals surface area contributed by atoms with Crippen LogP contribution < -0.4 is 5.32 Å². The van der Waals surface area contributed by atoms with Gasteiger partial charge < -0.3 is 9.88 Å². The second kappa shape index (κ2) is 6.24. The lowest BCUT2D eigenvalue weighted by Crippen LogP contribution is -2.15. The highest BCUT2D eigenvalue weighted by Crippen LogP contribution is 2.24. The SMILES string of the molecule is CC(C)CNc1nccn1C(C)c1cccc(Br)c1. The van der Waals surface area contributed by atoms with Crippen LogP contribution in [-0.2, 0) is 0 Å². The van der Waals surface area contributed by atoms with Crippen molar-refractivity contribution in [3.8, 4) is 0 Å². The average molecular weight is 322 g/mol. The van der Waals surface area contributed by atoms with Crippen molar-refractivity contribution in [3.63, 3.8) is 0 Å². The van der Waals surface area contributed by atoms with Crippen LogP contribution in [0.4, 0.5) is 5.95 Å². The fraction of sp³-hybridized carbons (Fsp3) is 0.400. The quantitative estimate of drug-likeness (QED) is 0.888. The van der Waals surface area contributed by atoms with E-state index in [2.05, 4.69) is 69.8 Å². The molecule has 4 heteroatoms. The summed E-state index contributed by atoms with van der Waals surface area (Å²) in [5, 5.41) is 3.40. The number of nitrogens with one attached hydrogen (secondary N) is 1. The lowest BCUT2D eigenvalue weighted by Gasteiger charge is -2.18. The van der Waals surface area contributed by atoms with Gasteiger partial charge in [0.05, 0.1) is 6.04 Å². The van der Waals surface area contributed by atoms with E-state index in [-0.39, 0.29) is 6.04 Å². The summed E-state index contributed by atoms with van der Waals surface area (Å²) in [6.07, 6.45) is 3.87. The van der Waals surface area contributed by atoms with E-state index < -0.39 is 0 Å². The van der Waals surface area contributed by atoms with E-state index in [0.717, 1.165) is 17.0 Å². The lowest BCUT2D eigenvalue weighted by atomic mass is 10.1. The molecule has 2 aromatic rings. The zero-order valence-electron chi connectivity index (χ0n) is 11.6. The third kappa shape index (κ3) is 3.60. The molecule has 0 amide bonds. The fourth-order valence-electron chi connectivity index (χ4n) is 1.98. The molecule has 0 saturated heterocycles. The lowest BCUT2D eigenvalue weighted by molar-refractivity contribution is 0.628. The number of hydrogen-bond acceptors (Lipinski definition) is 2. The number of hydrogen-bond donors (Lipinski definition) is 1. The highest BCUT2D eigenvalue weighted by atomic mass is 79.9. The number of aromatic nitrogens is 2. The molecule has 0 aliphatic rings. The Hall–Kier alpha value is -1.29. The second-order valence-corrected chi connectivity index (χ2v) is 6.08. The first-order valence-electron chi connectivity index (χ1n) is 6.60. The van der Waals surface area contributed by atoms with Crippen molar-refractivity contribution < 1.29 is 0 Å². The minimum atomic E-state index is 0.259. The molecule has 0 aliphatic heterocycles. The minimum Gasteiger partial charge on any atom is -0.355 e. The standard InChI is InChI=1S/C15H20BrN3/c1-11(2)10-18-15-17-7-8-19(15)12(3)13-5-4-6-14(16)9-13/h4-9,11-12H,10H2,1-3H3,(H,17,18). The molecular weight excluding hydrogens is 302 g/mol. The van der Waals surface area contributed by atoms with Gasteiger partial charge in [0.15, 0.2) is 0 Å². The molecule has 0 spiro atoms. The van der Waals surface area contributed by atoms with Gasteiger partial charge in [-0.3, -0.25) is 0 Å². The van der Waals surface area contributed by atoms with Crippen molar-refractivity contribution in [3.05, 3.63) is 46.7 Å². The number of rotatable bonds is 5. The van der Waals surface area contributed by atoms with E-state index >= 15 is 0 Å². The summed E-state index contributed by atoms with van der Waals surface area (Å²) >= 11 is 3.52. The molecule has 2 rings (SSSR count). The van der Waals surface area contributed by atoms with Gasteiger partial charge in [-0.2, -0.15) is 0 Å². The molecule has 1 atom stereocenters. The molecule has 102 valence electrons. The summed E-state index contributed by atoms with van der Waals surface area (Å²) in [6.45, 7) is 7.50. The third-order valence-electron chi connectivity index (χ3n) is 3.09. The van der Waals surface area contributed by atoms with Gasteiger partial charge >= 0.3 is 0 Å². The molecule has 0 fully saturated rings. The summed E-state index contributed by atoms with van der Waals surface area (Å²) in [7, 11) is 0. The summed E-state index contributed by atoms with van der Waals surface area (Å²) < 4.78 is 3.28. The fourth-order valence-corrected chi connectivity index (χ4v) is 2.40. The highest BCUT2D eigenvalue weighted by molar-refractivity contribution is 9.10. The van der Waals surface area contributed by atoms with Gasteiger partial charge in [0, 0.05) is 23.4 Å². The summed E-state index contributed by atoms with van der Waals surface area (Å²) in [5.74, 6) is 1.53.